The lowest BCUT2D eigenvalue weighted by Gasteiger charge is -2.04. The molecule has 2 fully saturated rings. The maximum absolute atomic E-state index is 2.48. The predicted octanol–water partition coefficient (Wildman–Crippen LogP) is 4.43. The zero-order chi connectivity index (χ0) is 11.4. The fourth-order valence-electron chi connectivity index (χ4n) is 3.51. The molecule has 0 bridgehead atoms. The van der Waals surface area contributed by atoms with Crippen molar-refractivity contribution in [3.8, 4) is 0 Å². The molecule has 2 saturated carbocycles. The van der Waals surface area contributed by atoms with Crippen LogP contribution in [0.4, 0.5) is 0 Å². The van der Waals surface area contributed by atoms with E-state index in [4.69, 9.17) is 0 Å². The average Bonchev–Trinajstić information content (AvgIpc) is 3.07. The normalized spacial score (nSPS) is 45.5. The van der Waals surface area contributed by atoms with Gasteiger partial charge >= 0.3 is 0 Å². The van der Waals surface area contributed by atoms with Gasteiger partial charge in [0.2, 0.25) is 0 Å². The van der Waals surface area contributed by atoms with E-state index in [2.05, 4.69) is 52.0 Å². The van der Waals surface area contributed by atoms with Crippen LogP contribution in [0.15, 0.2) is 24.3 Å². The molecule has 4 atom stereocenters. The second-order valence-corrected chi connectivity index (χ2v) is 6.16. The third-order valence-corrected chi connectivity index (χ3v) is 5.32. The Morgan fingerprint density at radius 1 is 0.688 bits per heavy atom. The smallest absolute Gasteiger partial charge is 0.0105 e. The summed E-state index contributed by atoms with van der Waals surface area (Å²) in [5, 5.41) is 0. The average molecular weight is 214 g/mol. The van der Waals surface area contributed by atoms with Gasteiger partial charge in [0.05, 0.1) is 0 Å². The van der Waals surface area contributed by atoms with E-state index in [1.807, 2.05) is 0 Å². The van der Waals surface area contributed by atoms with Crippen molar-refractivity contribution in [3.05, 3.63) is 35.4 Å². The van der Waals surface area contributed by atoms with Crippen molar-refractivity contribution in [2.24, 2.45) is 23.7 Å². The molecule has 4 unspecified atom stereocenters. The van der Waals surface area contributed by atoms with E-state index in [1.54, 1.807) is 11.1 Å². The van der Waals surface area contributed by atoms with Gasteiger partial charge in [-0.1, -0.05) is 52.0 Å². The highest BCUT2D eigenvalue weighted by Gasteiger charge is 2.46. The second-order valence-electron chi connectivity index (χ2n) is 6.16. The summed E-state index contributed by atoms with van der Waals surface area (Å²) in [6.07, 6.45) is 0. The standard InChI is InChI=1S/C16H22/c1-9-10(2)15(9)13-6-5-7-14(8-13)16-11(3)12(16)4/h5-12,15-16H,1-4H3. The minimum atomic E-state index is 0.837. The number of benzene rings is 1. The van der Waals surface area contributed by atoms with Crippen LogP contribution in [-0.2, 0) is 0 Å². The molecule has 0 radical (unpaired) electrons. The molecule has 3 rings (SSSR count). The predicted molar refractivity (Wildman–Crippen MR) is 68.6 cm³/mol. The van der Waals surface area contributed by atoms with E-state index in [-0.39, 0.29) is 0 Å². The summed E-state index contributed by atoms with van der Waals surface area (Å²) < 4.78 is 0. The quantitative estimate of drug-likeness (QED) is 0.683. The van der Waals surface area contributed by atoms with Gasteiger partial charge in [0, 0.05) is 0 Å². The van der Waals surface area contributed by atoms with Crippen molar-refractivity contribution in [1.29, 1.82) is 0 Å². The second kappa shape index (κ2) is 3.35. The summed E-state index contributed by atoms with van der Waals surface area (Å²) in [5.41, 5.74) is 3.17. The summed E-state index contributed by atoms with van der Waals surface area (Å²) >= 11 is 0. The molecule has 1 aromatic carbocycles. The first-order valence-corrected chi connectivity index (χ1v) is 6.71. The van der Waals surface area contributed by atoms with Crippen LogP contribution in [-0.4, -0.2) is 0 Å². The summed E-state index contributed by atoms with van der Waals surface area (Å²) in [6, 6.07) is 9.40. The van der Waals surface area contributed by atoms with Crippen LogP contribution in [0.1, 0.15) is 50.7 Å². The highest BCUT2D eigenvalue weighted by molar-refractivity contribution is 5.36. The fraction of sp³-hybridized carbons (Fsp3) is 0.625. The molecule has 0 saturated heterocycles. The van der Waals surface area contributed by atoms with E-state index in [9.17, 15) is 0 Å². The van der Waals surface area contributed by atoms with Crippen molar-refractivity contribution < 1.29 is 0 Å². The molecule has 0 aliphatic heterocycles. The van der Waals surface area contributed by atoms with Crippen molar-refractivity contribution >= 4 is 0 Å². The number of rotatable bonds is 2. The molecule has 0 amide bonds. The molecule has 0 spiro atoms. The van der Waals surface area contributed by atoms with Crippen molar-refractivity contribution in [1.82, 2.24) is 0 Å². The molecule has 2 aliphatic rings. The van der Waals surface area contributed by atoms with Crippen LogP contribution in [0.3, 0.4) is 0 Å². The van der Waals surface area contributed by atoms with Gasteiger partial charge in [-0.25, -0.2) is 0 Å². The summed E-state index contributed by atoms with van der Waals surface area (Å²) in [5.74, 6) is 5.25. The molecule has 0 nitrogen and oxygen atoms in total. The molecule has 86 valence electrons. The molecule has 0 N–H and O–H groups in total. The van der Waals surface area contributed by atoms with Crippen molar-refractivity contribution in [2.75, 3.05) is 0 Å². The first kappa shape index (κ1) is 10.4. The van der Waals surface area contributed by atoms with Gasteiger partial charge in [-0.15, -0.1) is 0 Å². The van der Waals surface area contributed by atoms with E-state index in [0.29, 0.717) is 0 Å². The molecule has 0 heterocycles. The Kier molecular flexibility index (Phi) is 2.18. The Hall–Kier alpha value is -0.780. The van der Waals surface area contributed by atoms with Gasteiger partial charge in [0.25, 0.3) is 0 Å². The Balaban J connectivity index is 1.84. The van der Waals surface area contributed by atoms with E-state index in [0.717, 1.165) is 35.5 Å². The molecular formula is C16H22. The molecule has 0 aromatic heterocycles. The third-order valence-electron chi connectivity index (χ3n) is 5.32. The highest BCUT2D eigenvalue weighted by Crippen LogP contribution is 2.56. The summed E-state index contributed by atoms with van der Waals surface area (Å²) in [7, 11) is 0. The van der Waals surface area contributed by atoms with Gasteiger partial charge in [-0.3, -0.25) is 0 Å². The number of hydrogen-bond donors (Lipinski definition) is 0. The van der Waals surface area contributed by atoms with Gasteiger partial charge in [0.1, 0.15) is 0 Å². The van der Waals surface area contributed by atoms with Crippen LogP contribution in [0.5, 0.6) is 0 Å². The monoisotopic (exact) mass is 214 g/mol. The minimum Gasteiger partial charge on any atom is -0.0617 e. The van der Waals surface area contributed by atoms with E-state index >= 15 is 0 Å². The maximum atomic E-state index is 2.48. The largest absolute Gasteiger partial charge is 0.0617 e. The summed E-state index contributed by atoms with van der Waals surface area (Å²) in [6.45, 7) is 9.52. The third kappa shape index (κ3) is 1.43. The number of hydrogen-bond acceptors (Lipinski definition) is 0. The molecule has 16 heavy (non-hydrogen) atoms. The minimum absolute atomic E-state index is 0.837. The van der Waals surface area contributed by atoms with Crippen LogP contribution in [0.25, 0.3) is 0 Å². The van der Waals surface area contributed by atoms with Gasteiger partial charge in [-0.2, -0.15) is 0 Å². The molecule has 1 aromatic rings. The lowest BCUT2D eigenvalue weighted by Crippen LogP contribution is -1.87. The highest BCUT2D eigenvalue weighted by atomic mass is 14.5. The lowest BCUT2D eigenvalue weighted by molar-refractivity contribution is 0.834. The van der Waals surface area contributed by atoms with Gasteiger partial charge < -0.3 is 0 Å². The molecule has 2 aliphatic carbocycles. The summed E-state index contributed by atoms with van der Waals surface area (Å²) in [4.78, 5) is 0. The van der Waals surface area contributed by atoms with Crippen LogP contribution < -0.4 is 0 Å². The Labute approximate surface area is 99.1 Å². The molecular weight excluding hydrogens is 192 g/mol. The Bertz CT molecular complexity index is 355. The van der Waals surface area contributed by atoms with Crippen LogP contribution in [0, 0.1) is 23.7 Å². The lowest BCUT2D eigenvalue weighted by atomic mass is 10.0. The van der Waals surface area contributed by atoms with Crippen LogP contribution in [0.2, 0.25) is 0 Å². The van der Waals surface area contributed by atoms with Gasteiger partial charge in [0.15, 0.2) is 0 Å². The zero-order valence-electron chi connectivity index (χ0n) is 10.8. The first-order valence-electron chi connectivity index (χ1n) is 6.71. The Morgan fingerprint density at radius 2 is 1.06 bits per heavy atom. The van der Waals surface area contributed by atoms with Crippen molar-refractivity contribution in [3.63, 3.8) is 0 Å². The topological polar surface area (TPSA) is 0 Å². The zero-order valence-corrected chi connectivity index (χ0v) is 10.8. The SMILES string of the molecule is CC1C(C)C1c1cccc(C2C(C)C2C)c1. The maximum Gasteiger partial charge on any atom is -0.0105 e. The van der Waals surface area contributed by atoms with Crippen LogP contribution >= 0.6 is 0 Å². The van der Waals surface area contributed by atoms with Crippen molar-refractivity contribution in [2.45, 2.75) is 39.5 Å². The fourth-order valence-corrected chi connectivity index (χ4v) is 3.51. The first-order chi connectivity index (χ1) is 7.61. The van der Waals surface area contributed by atoms with E-state index < -0.39 is 0 Å². The Morgan fingerprint density at radius 3 is 1.38 bits per heavy atom. The molecule has 0 heteroatoms. The van der Waals surface area contributed by atoms with E-state index in [1.165, 1.54) is 0 Å². The van der Waals surface area contributed by atoms with Gasteiger partial charge in [-0.05, 0) is 46.6 Å².